The Balaban J connectivity index is 1.63. The van der Waals surface area contributed by atoms with Gasteiger partial charge in [0.05, 0.1) is 0 Å². The molecule has 1 aromatic heterocycles. The van der Waals surface area contributed by atoms with Gasteiger partial charge in [-0.15, -0.1) is 0 Å². The lowest BCUT2D eigenvalue weighted by Gasteiger charge is -2.30. The Morgan fingerprint density at radius 3 is 2.87 bits per heavy atom. The first kappa shape index (κ1) is 14.9. The third-order valence-electron chi connectivity index (χ3n) is 4.53. The second kappa shape index (κ2) is 6.11. The number of anilines is 2. The van der Waals surface area contributed by atoms with E-state index in [0.29, 0.717) is 5.92 Å². The minimum Gasteiger partial charge on any atom is -0.370 e. The highest BCUT2D eigenvalue weighted by Gasteiger charge is 2.28. The molecule has 5 heteroatoms. The quantitative estimate of drug-likeness (QED) is 0.876. The Labute approximate surface area is 145 Å². The second-order valence-electron chi connectivity index (χ2n) is 6.36. The summed E-state index contributed by atoms with van der Waals surface area (Å²) in [5, 5.41) is 3.35. The summed E-state index contributed by atoms with van der Waals surface area (Å²) in [6.07, 6.45) is 3.52. The summed E-state index contributed by atoms with van der Waals surface area (Å²) >= 11 is 3.57. The highest BCUT2D eigenvalue weighted by Crippen LogP contribution is 2.39. The van der Waals surface area contributed by atoms with Crippen LogP contribution in [-0.4, -0.2) is 23.1 Å². The van der Waals surface area contributed by atoms with Gasteiger partial charge in [-0.3, -0.25) is 0 Å². The van der Waals surface area contributed by atoms with Crippen molar-refractivity contribution in [2.45, 2.75) is 38.6 Å². The van der Waals surface area contributed by atoms with Crippen LogP contribution in [0.1, 0.15) is 42.6 Å². The number of aromatic nitrogens is 2. The van der Waals surface area contributed by atoms with Crippen molar-refractivity contribution in [2.75, 3.05) is 23.3 Å². The zero-order valence-electron chi connectivity index (χ0n) is 13.3. The summed E-state index contributed by atoms with van der Waals surface area (Å²) in [6.45, 7) is 4.93. The third kappa shape index (κ3) is 3.20. The second-order valence-corrected chi connectivity index (χ2v) is 7.27. The molecule has 2 aliphatic rings. The molecule has 4 rings (SSSR count). The van der Waals surface area contributed by atoms with Crippen LogP contribution in [0.15, 0.2) is 28.7 Å². The lowest BCUT2D eigenvalue weighted by Crippen LogP contribution is -2.31. The molecule has 4 nitrogen and oxygen atoms in total. The summed E-state index contributed by atoms with van der Waals surface area (Å²) < 4.78 is 1.16. The number of hydrogen-bond acceptors (Lipinski definition) is 4. The minimum absolute atomic E-state index is 0.570. The maximum absolute atomic E-state index is 4.86. The van der Waals surface area contributed by atoms with Crippen LogP contribution in [0.25, 0.3) is 0 Å². The minimum atomic E-state index is 0.570. The molecule has 1 saturated carbocycles. The molecule has 0 amide bonds. The fraction of sp³-hybridized carbons (Fsp3) is 0.444. The maximum Gasteiger partial charge on any atom is 0.136 e. The van der Waals surface area contributed by atoms with Crippen molar-refractivity contribution >= 4 is 27.6 Å². The number of halogens is 1. The maximum atomic E-state index is 4.86. The molecule has 2 aromatic rings. The molecule has 1 N–H and O–H groups in total. The van der Waals surface area contributed by atoms with Crippen molar-refractivity contribution in [3.05, 3.63) is 45.7 Å². The van der Waals surface area contributed by atoms with Gasteiger partial charge in [-0.25, -0.2) is 9.97 Å². The summed E-state index contributed by atoms with van der Waals surface area (Å²) in [5.41, 5.74) is 2.84. The highest BCUT2D eigenvalue weighted by molar-refractivity contribution is 9.10. The molecule has 2 heterocycles. The van der Waals surface area contributed by atoms with E-state index in [1.165, 1.54) is 24.0 Å². The number of nitrogens with zero attached hydrogens (tertiary/aromatic N) is 3. The normalized spacial score (nSPS) is 17.0. The standard InChI is InChI=1S/C18H21BrN4/c1-2-20-16-10-17(22-18(21-16)12-3-4-12)23-8-7-13-9-15(19)6-5-14(13)11-23/h5-6,9-10,12H,2-4,7-8,11H2,1H3,(H,20,21,22). The molecule has 1 aliphatic carbocycles. The number of rotatable bonds is 4. The van der Waals surface area contributed by atoms with Gasteiger partial charge in [0.25, 0.3) is 0 Å². The average molecular weight is 373 g/mol. The molecule has 0 radical (unpaired) electrons. The van der Waals surface area contributed by atoms with Crippen molar-refractivity contribution in [3.8, 4) is 0 Å². The fourth-order valence-electron chi connectivity index (χ4n) is 3.13. The van der Waals surface area contributed by atoms with E-state index in [2.05, 4.69) is 62.3 Å². The van der Waals surface area contributed by atoms with Gasteiger partial charge in [0.1, 0.15) is 17.5 Å². The molecular formula is C18H21BrN4. The van der Waals surface area contributed by atoms with Gasteiger partial charge in [-0.2, -0.15) is 0 Å². The summed E-state index contributed by atoms with van der Waals surface area (Å²) in [5.74, 6) is 3.60. The van der Waals surface area contributed by atoms with Gasteiger partial charge in [-0.05, 0) is 49.4 Å². The van der Waals surface area contributed by atoms with Crippen LogP contribution in [0.3, 0.4) is 0 Å². The van der Waals surface area contributed by atoms with Crippen LogP contribution in [0.2, 0.25) is 0 Å². The van der Waals surface area contributed by atoms with E-state index >= 15 is 0 Å². The van der Waals surface area contributed by atoms with Crippen LogP contribution in [0.4, 0.5) is 11.6 Å². The van der Waals surface area contributed by atoms with Crippen molar-refractivity contribution in [1.29, 1.82) is 0 Å². The van der Waals surface area contributed by atoms with Gasteiger partial charge in [-0.1, -0.05) is 22.0 Å². The van der Waals surface area contributed by atoms with Crippen LogP contribution in [-0.2, 0) is 13.0 Å². The first-order valence-corrected chi connectivity index (χ1v) is 9.17. The lowest BCUT2D eigenvalue weighted by molar-refractivity contribution is 0.713. The first-order chi connectivity index (χ1) is 11.2. The number of hydrogen-bond donors (Lipinski definition) is 1. The predicted octanol–water partition coefficient (Wildman–Crippen LogP) is 4.11. The number of fused-ring (bicyclic) bond motifs is 1. The Hall–Kier alpha value is -1.62. The van der Waals surface area contributed by atoms with Crippen LogP contribution >= 0.6 is 15.9 Å². The Kier molecular flexibility index (Phi) is 3.97. The van der Waals surface area contributed by atoms with E-state index in [1.807, 2.05) is 0 Å². The predicted molar refractivity (Wildman–Crippen MR) is 97.1 cm³/mol. The zero-order chi connectivity index (χ0) is 15.8. The topological polar surface area (TPSA) is 41.0 Å². The fourth-order valence-corrected chi connectivity index (χ4v) is 3.54. The zero-order valence-corrected chi connectivity index (χ0v) is 14.9. The third-order valence-corrected chi connectivity index (χ3v) is 5.03. The summed E-state index contributed by atoms with van der Waals surface area (Å²) in [6, 6.07) is 8.69. The monoisotopic (exact) mass is 372 g/mol. The van der Waals surface area contributed by atoms with E-state index < -0.39 is 0 Å². The van der Waals surface area contributed by atoms with E-state index in [4.69, 9.17) is 4.98 Å². The molecule has 120 valence electrons. The molecule has 0 saturated heterocycles. The number of benzene rings is 1. The van der Waals surface area contributed by atoms with Crippen LogP contribution in [0.5, 0.6) is 0 Å². The molecule has 1 aliphatic heterocycles. The summed E-state index contributed by atoms with van der Waals surface area (Å²) in [7, 11) is 0. The summed E-state index contributed by atoms with van der Waals surface area (Å²) in [4.78, 5) is 11.9. The molecular weight excluding hydrogens is 352 g/mol. The van der Waals surface area contributed by atoms with Gasteiger partial charge in [0.15, 0.2) is 0 Å². The molecule has 0 bridgehead atoms. The van der Waals surface area contributed by atoms with Crippen molar-refractivity contribution < 1.29 is 0 Å². The molecule has 0 unspecified atom stereocenters. The Bertz CT molecular complexity index is 727. The van der Waals surface area contributed by atoms with E-state index in [-0.39, 0.29) is 0 Å². The van der Waals surface area contributed by atoms with Crippen molar-refractivity contribution in [3.63, 3.8) is 0 Å². The highest BCUT2D eigenvalue weighted by atomic mass is 79.9. The van der Waals surface area contributed by atoms with E-state index in [1.54, 1.807) is 0 Å². The molecule has 1 aromatic carbocycles. The molecule has 23 heavy (non-hydrogen) atoms. The molecule has 1 fully saturated rings. The van der Waals surface area contributed by atoms with E-state index in [9.17, 15) is 0 Å². The molecule has 0 atom stereocenters. The smallest absolute Gasteiger partial charge is 0.136 e. The van der Waals surface area contributed by atoms with Crippen molar-refractivity contribution in [1.82, 2.24) is 9.97 Å². The lowest BCUT2D eigenvalue weighted by atomic mass is 10.00. The van der Waals surface area contributed by atoms with Gasteiger partial charge in [0, 0.05) is 36.1 Å². The largest absolute Gasteiger partial charge is 0.370 e. The Morgan fingerprint density at radius 1 is 1.22 bits per heavy atom. The first-order valence-electron chi connectivity index (χ1n) is 8.38. The van der Waals surface area contributed by atoms with Gasteiger partial charge >= 0.3 is 0 Å². The van der Waals surface area contributed by atoms with Crippen LogP contribution in [0, 0.1) is 0 Å². The number of nitrogens with one attached hydrogen (secondary N) is 1. The molecule has 0 spiro atoms. The average Bonchev–Trinajstić information content (AvgIpc) is 3.39. The van der Waals surface area contributed by atoms with Gasteiger partial charge < -0.3 is 10.2 Å². The SMILES string of the molecule is CCNc1cc(N2CCc3cc(Br)ccc3C2)nc(C2CC2)n1. The Morgan fingerprint density at radius 2 is 2.09 bits per heavy atom. The van der Waals surface area contributed by atoms with Gasteiger partial charge in [0.2, 0.25) is 0 Å². The van der Waals surface area contributed by atoms with E-state index in [0.717, 1.165) is 48.0 Å². The van der Waals surface area contributed by atoms with Crippen molar-refractivity contribution in [2.24, 2.45) is 0 Å². The van der Waals surface area contributed by atoms with Crippen LogP contribution < -0.4 is 10.2 Å².